The fourth-order valence-electron chi connectivity index (χ4n) is 3.29. The Morgan fingerprint density at radius 2 is 2.13 bits per heavy atom. The molecule has 0 saturated carbocycles. The van der Waals surface area contributed by atoms with Crippen LogP contribution in [-0.4, -0.2) is 29.4 Å². The van der Waals surface area contributed by atoms with Crippen LogP contribution < -0.4 is 0 Å². The summed E-state index contributed by atoms with van der Waals surface area (Å²) < 4.78 is 20.5. The van der Waals surface area contributed by atoms with Gasteiger partial charge in [0.1, 0.15) is 5.82 Å². The van der Waals surface area contributed by atoms with Crippen molar-refractivity contribution >= 4 is 5.97 Å². The van der Waals surface area contributed by atoms with E-state index in [4.69, 9.17) is 9.84 Å². The Morgan fingerprint density at radius 3 is 2.87 bits per heavy atom. The van der Waals surface area contributed by atoms with Gasteiger partial charge in [0.15, 0.2) is 0 Å². The molecule has 0 amide bonds. The third kappa shape index (κ3) is 3.01. The average Bonchev–Trinajstić information content (AvgIpc) is 2.90. The SMILES string of the molecule is COC(=O)Cc1c2c(cn1CCCO)CCc1ccc(F)cc1-2. The summed E-state index contributed by atoms with van der Waals surface area (Å²) in [6.07, 6.45) is 4.51. The van der Waals surface area contributed by atoms with E-state index >= 15 is 0 Å². The number of aliphatic hydroxyl groups is 1. The number of rotatable bonds is 5. The molecule has 2 aromatic rings. The third-order valence-corrected chi connectivity index (χ3v) is 4.37. The molecule has 0 bridgehead atoms. The van der Waals surface area contributed by atoms with E-state index in [0.717, 1.165) is 40.8 Å². The summed E-state index contributed by atoms with van der Waals surface area (Å²) in [7, 11) is 1.36. The zero-order valence-corrected chi connectivity index (χ0v) is 13.1. The second kappa shape index (κ2) is 6.54. The van der Waals surface area contributed by atoms with E-state index in [-0.39, 0.29) is 24.8 Å². The Bertz CT molecular complexity index is 736. The van der Waals surface area contributed by atoms with E-state index in [0.29, 0.717) is 13.0 Å². The summed E-state index contributed by atoms with van der Waals surface area (Å²) in [6.45, 7) is 0.714. The molecular formula is C18H20FNO3. The summed E-state index contributed by atoms with van der Waals surface area (Å²) in [5, 5.41) is 9.09. The maximum Gasteiger partial charge on any atom is 0.311 e. The number of aryl methyl sites for hydroxylation is 3. The maximum absolute atomic E-state index is 13.7. The van der Waals surface area contributed by atoms with Crippen molar-refractivity contribution in [2.75, 3.05) is 13.7 Å². The fraction of sp³-hybridized carbons (Fsp3) is 0.389. The van der Waals surface area contributed by atoms with Crippen molar-refractivity contribution < 1.29 is 19.0 Å². The number of ether oxygens (including phenoxy) is 1. The molecule has 1 heterocycles. The number of hydrogen-bond donors (Lipinski definition) is 1. The average molecular weight is 317 g/mol. The molecule has 0 saturated heterocycles. The number of esters is 1. The Balaban J connectivity index is 2.12. The van der Waals surface area contributed by atoms with Crippen LogP contribution in [0, 0.1) is 5.82 Å². The molecule has 0 fully saturated rings. The molecule has 1 N–H and O–H groups in total. The summed E-state index contributed by atoms with van der Waals surface area (Å²) in [6, 6.07) is 4.84. The summed E-state index contributed by atoms with van der Waals surface area (Å²) in [5.74, 6) is -0.594. The number of hydrogen-bond acceptors (Lipinski definition) is 3. The molecule has 1 aliphatic rings. The highest BCUT2D eigenvalue weighted by molar-refractivity contribution is 5.81. The van der Waals surface area contributed by atoms with Crippen molar-refractivity contribution in [1.29, 1.82) is 0 Å². The second-order valence-electron chi connectivity index (χ2n) is 5.80. The Labute approximate surface area is 134 Å². The molecule has 1 aromatic carbocycles. The highest BCUT2D eigenvalue weighted by Gasteiger charge is 2.25. The van der Waals surface area contributed by atoms with Gasteiger partial charge in [0, 0.05) is 30.6 Å². The molecular weight excluding hydrogens is 297 g/mol. The molecule has 1 aliphatic carbocycles. The van der Waals surface area contributed by atoms with E-state index < -0.39 is 0 Å². The number of carbonyl (C=O) groups is 1. The van der Waals surface area contributed by atoms with Crippen molar-refractivity contribution in [1.82, 2.24) is 4.57 Å². The van der Waals surface area contributed by atoms with Gasteiger partial charge in [-0.3, -0.25) is 4.79 Å². The van der Waals surface area contributed by atoms with Gasteiger partial charge < -0.3 is 14.4 Å². The van der Waals surface area contributed by atoms with Crippen LogP contribution in [0.4, 0.5) is 4.39 Å². The molecule has 1 aromatic heterocycles. The zero-order valence-electron chi connectivity index (χ0n) is 13.1. The van der Waals surface area contributed by atoms with E-state index in [2.05, 4.69) is 0 Å². The first-order valence-electron chi connectivity index (χ1n) is 7.81. The van der Waals surface area contributed by atoms with Crippen molar-refractivity contribution in [2.45, 2.75) is 32.2 Å². The highest BCUT2D eigenvalue weighted by atomic mass is 19.1. The van der Waals surface area contributed by atoms with Gasteiger partial charge >= 0.3 is 5.97 Å². The van der Waals surface area contributed by atoms with Crippen LogP contribution in [0.15, 0.2) is 24.4 Å². The van der Waals surface area contributed by atoms with Crippen LogP contribution in [0.25, 0.3) is 11.1 Å². The van der Waals surface area contributed by atoms with Gasteiger partial charge in [0.25, 0.3) is 0 Å². The first-order chi connectivity index (χ1) is 11.1. The summed E-state index contributed by atoms with van der Waals surface area (Å²) >= 11 is 0. The number of halogens is 1. The summed E-state index contributed by atoms with van der Waals surface area (Å²) in [5.41, 5.74) is 4.89. The fourth-order valence-corrected chi connectivity index (χ4v) is 3.29. The number of methoxy groups -OCH3 is 1. The third-order valence-electron chi connectivity index (χ3n) is 4.37. The topological polar surface area (TPSA) is 51.5 Å². The molecule has 23 heavy (non-hydrogen) atoms. The number of aromatic nitrogens is 1. The van der Waals surface area contributed by atoms with Gasteiger partial charge in [-0.15, -0.1) is 0 Å². The van der Waals surface area contributed by atoms with Crippen LogP contribution in [-0.2, 0) is 35.3 Å². The van der Waals surface area contributed by atoms with Gasteiger partial charge in [-0.2, -0.15) is 0 Å². The van der Waals surface area contributed by atoms with Crippen molar-refractivity contribution in [3.63, 3.8) is 0 Å². The normalized spacial score (nSPS) is 12.7. The van der Waals surface area contributed by atoms with Crippen molar-refractivity contribution in [3.8, 4) is 11.1 Å². The highest BCUT2D eigenvalue weighted by Crippen LogP contribution is 2.38. The monoisotopic (exact) mass is 317 g/mol. The van der Waals surface area contributed by atoms with Gasteiger partial charge in [0.2, 0.25) is 0 Å². The molecule has 0 atom stereocenters. The minimum absolute atomic E-state index is 0.0890. The van der Waals surface area contributed by atoms with E-state index in [1.807, 2.05) is 16.8 Å². The Kier molecular flexibility index (Phi) is 4.48. The Morgan fingerprint density at radius 1 is 1.35 bits per heavy atom. The molecule has 4 nitrogen and oxygen atoms in total. The minimum atomic E-state index is -0.320. The van der Waals surface area contributed by atoms with Crippen LogP contribution >= 0.6 is 0 Å². The quantitative estimate of drug-likeness (QED) is 0.862. The lowest BCUT2D eigenvalue weighted by molar-refractivity contribution is -0.139. The summed E-state index contributed by atoms with van der Waals surface area (Å²) in [4.78, 5) is 11.8. The molecule has 0 spiro atoms. The van der Waals surface area contributed by atoms with Crippen LogP contribution in [0.5, 0.6) is 0 Å². The lowest BCUT2D eigenvalue weighted by atomic mass is 9.86. The largest absolute Gasteiger partial charge is 0.469 e. The first-order valence-corrected chi connectivity index (χ1v) is 7.81. The van der Waals surface area contributed by atoms with E-state index in [9.17, 15) is 9.18 Å². The number of nitrogens with zero attached hydrogens (tertiary/aromatic N) is 1. The maximum atomic E-state index is 13.7. The van der Waals surface area contributed by atoms with Crippen LogP contribution in [0.2, 0.25) is 0 Å². The number of aliphatic hydroxyl groups excluding tert-OH is 1. The van der Waals surface area contributed by atoms with E-state index in [1.165, 1.54) is 13.2 Å². The molecule has 122 valence electrons. The smallest absolute Gasteiger partial charge is 0.311 e. The number of fused-ring (bicyclic) bond motifs is 3. The molecule has 0 unspecified atom stereocenters. The zero-order chi connectivity index (χ0) is 16.4. The second-order valence-corrected chi connectivity index (χ2v) is 5.80. The lowest BCUT2D eigenvalue weighted by Gasteiger charge is -2.18. The Hall–Kier alpha value is -2.14. The van der Waals surface area contributed by atoms with Gasteiger partial charge in [0.05, 0.1) is 13.5 Å². The standard InChI is InChI=1S/C18H20FNO3/c1-23-17(22)10-16-18-13(11-20(16)7-2-8-21)4-3-12-5-6-14(19)9-15(12)18/h5-6,9,11,21H,2-4,7-8,10H2,1H3. The predicted molar refractivity (Wildman–Crippen MR) is 84.7 cm³/mol. The minimum Gasteiger partial charge on any atom is -0.469 e. The van der Waals surface area contributed by atoms with E-state index in [1.54, 1.807) is 6.07 Å². The number of carbonyl (C=O) groups excluding carboxylic acids is 1. The molecule has 3 rings (SSSR count). The van der Waals surface area contributed by atoms with Crippen molar-refractivity contribution in [2.24, 2.45) is 0 Å². The lowest BCUT2D eigenvalue weighted by Crippen LogP contribution is -2.12. The molecule has 5 heteroatoms. The van der Waals surface area contributed by atoms with Gasteiger partial charge in [-0.05, 0) is 48.1 Å². The number of benzene rings is 1. The van der Waals surface area contributed by atoms with Crippen LogP contribution in [0.1, 0.15) is 23.2 Å². The van der Waals surface area contributed by atoms with Crippen LogP contribution in [0.3, 0.4) is 0 Å². The van der Waals surface area contributed by atoms with Gasteiger partial charge in [-0.25, -0.2) is 4.39 Å². The first kappa shape index (κ1) is 15.7. The van der Waals surface area contributed by atoms with Gasteiger partial charge in [-0.1, -0.05) is 6.07 Å². The molecule has 0 radical (unpaired) electrons. The van der Waals surface area contributed by atoms with Crippen molar-refractivity contribution in [3.05, 3.63) is 47.0 Å². The predicted octanol–water partition coefficient (Wildman–Crippen LogP) is 2.49. The molecule has 0 aliphatic heterocycles.